The number of carbonyl (C=O) groups excluding carboxylic acids is 1. The number of benzene rings is 1. The molecule has 1 rings (SSSR count). The lowest BCUT2D eigenvalue weighted by Gasteiger charge is -2.09. The number of hydrogen-bond acceptors (Lipinski definition) is 12. The number of carbonyl (C=O) groups is 1. The number of rotatable bonds is 55. The van der Waals surface area contributed by atoms with Gasteiger partial charge >= 0.3 is 5.97 Å². The third kappa shape index (κ3) is 48.4. The van der Waals surface area contributed by atoms with Gasteiger partial charge in [0.05, 0.1) is 119 Å². The highest BCUT2D eigenvalue weighted by molar-refractivity contribution is 5.69. The van der Waals surface area contributed by atoms with E-state index < -0.39 is 0 Å². The van der Waals surface area contributed by atoms with Crippen molar-refractivity contribution in [2.75, 3.05) is 132 Å². The summed E-state index contributed by atoms with van der Waals surface area (Å²) in [6.45, 7) is 14.3. The highest BCUT2D eigenvalue weighted by Gasteiger charge is 2.04. The summed E-state index contributed by atoms with van der Waals surface area (Å²) in [4.78, 5) is 11.9. The van der Waals surface area contributed by atoms with E-state index in [2.05, 4.69) is 38.1 Å². The van der Waals surface area contributed by atoms with Gasteiger partial charge in [0.1, 0.15) is 19.0 Å². The van der Waals surface area contributed by atoms with E-state index in [1.807, 2.05) is 0 Å². The van der Waals surface area contributed by atoms with E-state index in [1.54, 1.807) is 0 Å². The third-order valence-electron chi connectivity index (χ3n) is 10.9. The number of ether oxygens (including phenoxy) is 11. The number of hydrogen-bond donors (Lipinski definition) is 0. The molecule has 0 spiro atoms. The molecule has 0 amide bonds. The molecule has 0 saturated heterocycles. The summed E-state index contributed by atoms with van der Waals surface area (Å²) in [7, 11) is 0. The molecule has 65 heavy (non-hydrogen) atoms. The fourth-order valence-corrected chi connectivity index (χ4v) is 7.05. The third-order valence-corrected chi connectivity index (χ3v) is 10.9. The highest BCUT2D eigenvalue weighted by Crippen LogP contribution is 2.16. The minimum atomic E-state index is -0.129. The van der Waals surface area contributed by atoms with Crippen molar-refractivity contribution in [1.82, 2.24) is 0 Å². The van der Waals surface area contributed by atoms with Crippen LogP contribution in [-0.2, 0) is 58.6 Å². The predicted molar refractivity (Wildman–Crippen MR) is 262 cm³/mol. The van der Waals surface area contributed by atoms with Gasteiger partial charge in [0.15, 0.2) is 0 Å². The molecular formula is C53H98O12. The van der Waals surface area contributed by atoms with E-state index in [4.69, 9.17) is 52.1 Å². The van der Waals surface area contributed by atoms with Gasteiger partial charge in [0.25, 0.3) is 0 Å². The van der Waals surface area contributed by atoms with Crippen LogP contribution in [0.25, 0.3) is 0 Å². The average molecular weight is 927 g/mol. The SMILES string of the molecule is CCCCCCCCCCCCCCCCCC(=O)OCCOCCOCCOCCOCCOCCOCCOCCOCCOCCOc1ccc(CCCCCCCCC)cc1. The van der Waals surface area contributed by atoms with Gasteiger partial charge in [-0.25, -0.2) is 0 Å². The summed E-state index contributed by atoms with van der Waals surface area (Å²) in [5.41, 5.74) is 1.38. The number of esters is 1. The first kappa shape index (κ1) is 61.1. The fraction of sp³-hybridized carbons (Fsp3) is 0.868. The molecule has 12 heteroatoms. The van der Waals surface area contributed by atoms with Crippen molar-refractivity contribution in [1.29, 1.82) is 0 Å². The minimum Gasteiger partial charge on any atom is -0.491 e. The van der Waals surface area contributed by atoms with Gasteiger partial charge in [-0.1, -0.05) is 154 Å². The molecule has 0 unspecified atom stereocenters. The van der Waals surface area contributed by atoms with Crippen LogP contribution in [0.4, 0.5) is 0 Å². The van der Waals surface area contributed by atoms with Gasteiger partial charge in [-0.3, -0.25) is 4.79 Å². The molecule has 12 nitrogen and oxygen atoms in total. The largest absolute Gasteiger partial charge is 0.491 e. The van der Waals surface area contributed by atoms with Gasteiger partial charge in [-0.05, 0) is 37.0 Å². The predicted octanol–water partition coefficient (Wildman–Crippen LogP) is 11.3. The van der Waals surface area contributed by atoms with Gasteiger partial charge in [0.2, 0.25) is 0 Å². The molecule has 0 N–H and O–H groups in total. The van der Waals surface area contributed by atoms with Crippen molar-refractivity contribution in [2.45, 2.75) is 168 Å². The molecular weight excluding hydrogens is 829 g/mol. The summed E-state index contributed by atoms with van der Waals surface area (Å²) in [6, 6.07) is 8.46. The van der Waals surface area contributed by atoms with Crippen molar-refractivity contribution >= 4 is 5.97 Å². The Balaban J connectivity index is 1.67. The van der Waals surface area contributed by atoms with Crippen LogP contribution < -0.4 is 4.74 Å². The molecule has 1 aromatic rings. The standard InChI is InChI=1S/C53H98O12/c1-3-5-7-9-11-12-13-14-15-16-17-18-20-22-24-26-53(54)65-50-48-63-46-44-61-42-40-59-38-36-57-34-32-55-31-33-56-35-37-58-39-41-60-43-45-62-47-49-64-52-29-27-51(28-30-52)25-23-21-19-10-8-6-4-2/h27-30H,3-26,31-50H2,1-2H3. The molecule has 0 bridgehead atoms. The van der Waals surface area contributed by atoms with E-state index in [-0.39, 0.29) is 12.6 Å². The molecule has 0 heterocycles. The summed E-state index contributed by atoms with van der Waals surface area (Å²) in [5, 5.41) is 0. The number of unbranched alkanes of at least 4 members (excludes halogenated alkanes) is 20. The second kappa shape index (κ2) is 53.1. The average Bonchev–Trinajstić information content (AvgIpc) is 3.32. The maximum Gasteiger partial charge on any atom is 0.305 e. The Morgan fingerprint density at radius 3 is 0.938 bits per heavy atom. The fourth-order valence-electron chi connectivity index (χ4n) is 7.05. The topological polar surface area (TPSA) is 119 Å². The molecule has 382 valence electrons. The van der Waals surface area contributed by atoms with Crippen LogP contribution in [0.5, 0.6) is 5.75 Å². The molecule has 0 saturated carbocycles. The Labute approximate surface area is 397 Å². The monoisotopic (exact) mass is 927 g/mol. The van der Waals surface area contributed by atoms with Crippen molar-refractivity contribution in [3.05, 3.63) is 29.8 Å². The lowest BCUT2D eigenvalue weighted by Crippen LogP contribution is -2.15. The summed E-state index contributed by atoms with van der Waals surface area (Å²) in [6.07, 6.45) is 30.7. The van der Waals surface area contributed by atoms with E-state index in [0.717, 1.165) is 25.0 Å². The minimum absolute atomic E-state index is 0.129. The second-order valence-corrected chi connectivity index (χ2v) is 16.8. The molecule has 0 aromatic heterocycles. The van der Waals surface area contributed by atoms with Gasteiger partial charge < -0.3 is 52.1 Å². The first-order valence-corrected chi connectivity index (χ1v) is 26.3. The molecule has 0 aliphatic rings. The lowest BCUT2D eigenvalue weighted by atomic mass is 10.0. The summed E-state index contributed by atoms with van der Waals surface area (Å²) < 4.78 is 60.9. The van der Waals surface area contributed by atoms with Crippen LogP contribution >= 0.6 is 0 Å². The van der Waals surface area contributed by atoms with E-state index in [1.165, 1.54) is 134 Å². The van der Waals surface area contributed by atoms with Crippen molar-refractivity contribution in [3.8, 4) is 5.75 Å². The van der Waals surface area contributed by atoms with E-state index in [9.17, 15) is 4.79 Å². The van der Waals surface area contributed by atoms with E-state index >= 15 is 0 Å². The zero-order valence-corrected chi connectivity index (χ0v) is 41.8. The Kier molecular flexibility index (Phi) is 49.9. The maximum atomic E-state index is 11.9. The van der Waals surface area contributed by atoms with Crippen molar-refractivity contribution < 1.29 is 56.9 Å². The van der Waals surface area contributed by atoms with Crippen LogP contribution in [0, 0.1) is 0 Å². The quantitative estimate of drug-likeness (QED) is 0.0457. The molecule has 0 fully saturated rings. The molecule has 1 aromatic carbocycles. The molecule has 0 aliphatic carbocycles. The maximum absolute atomic E-state index is 11.9. The van der Waals surface area contributed by atoms with Crippen molar-refractivity contribution in [2.24, 2.45) is 0 Å². The van der Waals surface area contributed by atoms with Gasteiger partial charge in [-0.15, -0.1) is 0 Å². The Morgan fingerprint density at radius 2 is 0.600 bits per heavy atom. The van der Waals surface area contributed by atoms with E-state index in [0.29, 0.717) is 132 Å². The van der Waals surface area contributed by atoms with Crippen LogP contribution in [-0.4, -0.2) is 138 Å². The lowest BCUT2D eigenvalue weighted by molar-refractivity contribution is -0.145. The van der Waals surface area contributed by atoms with Crippen LogP contribution in [0.2, 0.25) is 0 Å². The van der Waals surface area contributed by atoms with Gasteiger partial charge in [-0.2, -0.15) is 0 Å². The number of aryl methyl sites for hydroxylation is 1. The first-order valence-electron chi connectivity index (χ1n) is 26.3. The Hall–Kier alpha value is -1.87. The molecule has 0 aliphatic heterocycles. The highest BCUT2D eigenvalue weighted by atomic mass is 16.6. The van der Waals surface area contributed by atoms with Crippen LogP contribution in [0.15, 0.2) is 24.3 Å². The molecule has 0 atom stereocenters. The zero-order chi connectivity index (χ0) is 46.5. The normalized spacial score (nSPS) is 11.5. The Morgan fingerprint density at radius 1 is 0.323 bits per heavy atom. The summed E-state index contributed by atoms with van der Waals surface area (Å²) >= 11 is 0. The smallest absolute Gasteiger partial charge is 0.305 e. The van der Waals surface area contributed by atoms with Gasteiger partial charge in [0, 0.05) is 6.42 Å². The van der Waals surface area contributed by atoms with Crippen LogP contribution in [0.3, 0.4) is 0 Å². The summed E-state index contributed by atoms with van der Waals surface area (Å²) in [5.74, 6) is 0.757. The van der Waals surface area contributed by atoms with Crippen LogP contribution in [0.1, 0.15) is 167 Å². The second-order valence-electron chi connectivity index (χ2n) is 16.8. The Bertz CT molecular complexity index is 1060. The zero-order valence-electron chi connectivity index (χ0n) is 41.8. The first-order chi connectivity index (χ1) is 32.3. The van der Waals surface area contributed by atoms with Crippen molar-refractivity contribution in [3.63, 3.8) is 0 Å². The molecule has 0 radical (unpaired) electrons.